The summed E-state index contributed by atoms with van der Waals surface area (Å²) in [4.78, 5) is 25.7. The minimum Gasteiger partial charge on any atom is -0.497 e. The second-order valence-corrected chi connectivity index (χ2v) is 7.32. The Morgan fingerprint density at radius 1 is 1.15 bits per heavy atom. The van der Waals surface area contributed by atoms with Crippen LogP contribution in [0.4, 0.5) is 13.2 Å². The highest BCUT2D eigenvalue weighted by Gasteiger charge is 2.56. The number of hydrogen-bond donors (Lipinski definition) is 1. The molecule has 8 heteroatoms. The Morgan fingerprint density at radius 3 is 2.19 bits per heavy atom. The lowest BCUT2D eigenvalue weighted by Crippen LogP contribution is -2.45. The number of amides is 1. The largest absolute Gasteiger partial charge is 0.497 e. The van der Waals surface area contributed by atoms with Crippen LogP contribution >= 0.6 is 0 Å². The van der Waals surface area contributed by atoms with Gasteiger partial charge in [0.05, 0.1) is 24.4 Å². The predicted molar refractivity (Wildman–Crippen MR) is 90.4 cm³/mol. The first kappa shape index (κ1) is 19.5. The van der Waals surface area contributed by atoms with Crippen molar-refractivity contribution < 1.29 is 32.6 Å². The molecule has 5 nitrogen and oxygen atoms in total. The zero-order chi connectivity index (χ0) is 19.8. The minimum atomic E-state index is -4.65. The zero-order valence-electron chi connectivity index (χ0n) is 15.0. The van der Waals surface area contributed by atoms with Gasteiger partial charge in [-0.2, -0.15) is 13.2 Å². The highest BCUT2D eigenvalue weighted by atomic mass is 19.4. The molecule has 1 amide bonds. The summed E-state index contributed by atoms with van der Waals surface area (Å²) >= 11 is 0. The summed E-state index contributed by atoms with van der Waals surface area (Å²) in [6.45, 7) is -1.01. The fourth-order valence-electron chi connectivity index (χ4n) is 4.37. The normalized spacial score (nSPS) is 24.8. The van der Waals surface area contributed by atoms with Gasteiger partial charge in [0, 0.05) is 13.1 Å². The smallest absolute Gasteiger partial charge is 0.394 e. The summed E-state index contributed by atoms with van der Waals surface area (Å²) in [5.74, 6) is -4.94. The molecule has 1 aromatic carbocycles. The molecule has 3 rings (SSSR count). The molecular formula is C19H22F3NO4. The summed E-state index contributed by atoms with van der Waals surface area (Å²) < 4.78 is 44.9. The fourth-order valence-corrected chi connectivity index (χ4v) is 4.37. The van der Waals surface area contributed by atoms with Crippen molar-refractivity contribution in [1.29, 1.82) is 0 Å². The molecule has 0 spiro atoms. The van der Waals surface area contributed by atoms with Crippen molar-refractivity contribution in [3.05, 3.63) is 29.8 Å². The number of nitrogens with zero attached hydrogens (tertiary/aromatic N) is 1. The van der Waals surface area contributed by atoms with E-state index in [0.29, 0.717) is 18.6 Å². The average Bonchev–Trinajstić information content (AvgIpc) is 3.29. The molecule has 0 unspecified atom stereocenters. The van der Waals surface area contributed by atoms with Crippen LogP contribution in [-0.2, 0) is 15.0 Å². The highest BCUT2D eigenvalue weighted by Crippen LogP contribution is 2.45. The summed E-state index contributed by atoms with van der Waals surface area (Å²) in [7, 11) is 1.53. The quantitative estimate of drug-likeness (QED) is 0.864. The number of halogens is 3. The van der Waals surface area contributed by atoms with E-state index in [2.05, 4.69) is 0 Å². The third kappa shape index (κ3) is 3.49. The van der Waals surface area contributed by atoms with Crippen LogP contribution in [-0.4, -0.2) is 48.3 Å². The molecule has 2 aliphatic rings. The SMILES string of the molecule is COc1ccc(C2(C(=O)N3C[C@@H](C(F)(F)F)[C@H](C(=O)O)C3)CCCC2)cc1. The monoisotopic (exact) mass is 385 g/mol. The number of carboxylic acids is 1. The molecule has 27 heavy (non-hydrogen) atoms. The van der Waals surface area contributed by atoms with Crippen molar-refractivity contribution in [2.24, 2.45) is 11.8 Å². The molecule has 1 aromatic rings. The van der Waals surface area contributed by atoms with Crippen molar-refractivity contribution in [1.82, 2.24) is 4.90 Å². The lowest BCUT2D eigenvalue weighted by Gasteiger charge is -2.33. The molecule has 0 aromatic heterocycles. The van der Waals surface area contributed by atoms with E-state index < -0.39 is 48.4 Å². The first-order valence-corrected chi connectivity index (χ1v) is 8.92. The first-order valence-electron chi connectivity index (χ1n) is 8.92. The van der Waals surface area contributed by atoms with E-state index in [9.17, 15) is 27.9 Å². The van der Waals surface area contributed by atoms with E-state index >= 15 is 0 Å². The van der Waals surface area contributed by atoms with Gasteiger partial charge in [-0.25, -0.2) is 0 Å². The molecule has 1 N–H and O–H groups in total. The molecule has 0 bridgehead atoms. The molecule has 1 aliphatic carbocycles. The first-order chi connectivity index (χ1) is 12.7. The number of methoxy groups -OCH3 is 1. The van der Waals surface area contributed by atoms with E-state index in [0.717, 1.165) is 23.3 Å². The number of benzene rings is 1. The van der Waals surface area contributed by atoms with Crippen LogP contribution in [0.1, 0.15) is 31.2 Å². The topological polar surface area (TPSA) is 66.8 Å². The van der Waals surface area contributed by atoms with Crippen LogP contribution in [0.5, 0.6) is 5.75 Å². The Labute approximate surface area is 155 Å². The Morgan fingerprint density at radius 2 is 1.74 bits per heavy atom. The molecule has 148 valence electrons. The van der Waals surface area contributed by atoms with Crippen molar-refractivity contribution in [2.75, 3.05) is 20.2 Å². The van der Waals surface area contributed by atoms with Crippen molar-refractivity contribution in [3.8, 4) is 5.75 Å². The van der Waals surface area contributed by atoms with Crippen molar-refractivity contribution in [3.63, 3.8) is 0 Å². The van der Waals surface area contributed by atoms with E-state index in [1.807, 2.05) is 0 Å². The Balaban J connectivity index is 1.90. The number of carbonyl (C=O) groups is 2. The van der Waals surface area contributed by atoms with Gasteiger partial charge >= 0.3 is 12.1 Å². The van der Waals surface area contributed by atoms with Gasteiger partial charge in [-0.1, -0.05) is 25.0 Å². The zero-order valence-corrected chi connectivity index (χ0v) is 15.0. The third-order valence-electron chi connectivity index (χ3n) is 5.85. The van der Waals surface area contributed by atoms with E-state index in [1.165, 1.54) is 7.11 Å². The van der Waals surface area contributed by atoms with Gasteiger partial charge in [0.15, 0.2) is 0 Å². The number of aliphatic carboxylic acids is 1. The summed E-state index contributed by atoms with van der Waals surface area (Å²) in [6.07, 6.45) is -1.96. The maximum absolute atomic E-state index is 13.3. The number of likely N-dealkylation sites (tertiary alicyclic amines) is 1. The molecule has 1 aliphatic heterocycles. The van der Waals surface area contributed by atoms with Crippen LogP contribution < -0.4 is 4.74 Å². The van der Waals surface area contributed by atoms with E-state index in [4.69, 9.17) is 4.74 Å². The highest BCUT2D eigenvalue weighted by molar-refractivity contribution is 5.89. The fraction of sp³-hybridized carbons (Fsp3) is 0.579. The van der Waals surface area contributed by atoms with Gasteiger partial charge in [0.1, 0.15) is 5.75 Å². The van der Waals surface area contributed by atoms with Gasteiger partial charge < -0.3 is 14.7 Å². The van der Waals surface area contributed by atoms with Gasteiger partial charge in [-0.05, 0) is 30.5 Å². The van der Waals surface area contributed by atoms with Crippen LogP contribution in [0.2, 0.25) is 0 Å². The van der Waals surface area contributed by atoms with Crippen LogP contribution in [0, 0.1) is 11.8 Å². The number of rotatable bonds is 4. The lowest BCUT2D eigenvalue weighted by molar-refractivity contribution is -0.188. The van der Waals surface area contributed by atoms with E-state index in [1.54, 1.807) is 24.3 Å². The van der Waals surface area contributed by atoms with Gasteiger partial charge in [-0.15, -0.1) is 0 Å². The summed E-state index contributed by atoms with van der Waals surface area (Å²) in [5, 5.41) is 9.20. The Kier molecular flexibility index (Phi) is 5.10. The van der Waals surface area contributed by atoms with Gasteiger partial charge in [-0.3, -0.25) is 9.59 Å². The van der Waals surface area contributed by atoms with Crippen LogP contribution in [0.25, 0.3) is 0 Å². The maximum Gasteiger partial charge on any atom is 0.394 e. The molecule has 1 saturated heterocycles. The van der Waals surface area contributed by atoms with Gasteiger partial charge in [0.2, 0.25) is 5.91 Å². The maximum atomic E-state index is 13.3. The Bertz CT molecular complexity index is 711. The lowest BCUT2D eigenvalue weighted by atomic mass is 9.77. The number of ether oxygens (including phenoxy) is 1. The molecular weight excluding hydrogens is 363 g/mol. The standard InChI is InChI=1S/C19H22F3NO4/c1-27-13-6-4-12(5-7-13)18(8-2-3-9-18)17(26)23-10-14(16(24)25)15(11-23)19(20,21)22/h4-7,14-15H,2-3,8-11H2,1H3,(H,24,25)/t14-,15-/m1/s1. The molecule has 1 saturated carbocycles. The molecule has 2 fully saturated rings. The number of carboxylic acid groups (broad SMARTS) is 1. The molecule has 0 radical (unpaired) electrons. The molecule has 2 atom stereocenters. The van der Waals surface area contributed by atoms with Crippen LogP contribution in [0.15, 0.2) is 24.3 Å². The van der Waals surface area contributed by atoms with Gasteiger partial charge in [0.25, 0.3) is 0 Å². The summed E-state index contributed by atoms with van der Waals surface area (Å²) in [6, 6.07) is 7.00. The number of alkyl halides is 3. The second-order valence-electron chi connectivity index (χ2n) is 7.32. The average molecular weight is 385 g/mol. The predicted octanol–water partition coefficient (Wildman–Crippen LogP) is 3.23. The number of carbonyl (C=O) groups excluding carboxylic acids is 1. The third-order valence-corrected chi connectivity index (χ3v) is 5.85. The summed E-state index contributed by atoms with van der Waals surface area (Å²) in [5.41, 5.74) is -0.149. The minimum absolute atomic E-state index is 0.400. The van der Waals surface area contributed by atoms with Crippen LogP contribution in [0.3, 0.4) is 0 Å². The second kappa shape index (κ2) is 7.05. The van der Waals surface area contributed by atoms with Crippen molar-refractivity contribution >= 4 is 11.9 Å². The van der Waals surface area contributed by atoms with Crippen molar-refractivity contribution in [2.45, 2.75) is 37.3 Å². The Hall–Kier alpha value is -2.25. The molecule has 1 heterocycles. The number of hydrogen-bond acceptors (Lipinski definition) is 3. The van der Waals surface area contributed by atoms with E-state index in [-0.39, 0.29) is 0 Å².